The molecule has 5 aliphatic rings. The van der Waals surface area contributed by atoms with E-state index in [4.69, 9.17) is 4.84 Å². The van der Waals surface area contributed by atoms with Gasteiger partial charge in [0, 0.05) is 13.0 Å². The normalized spacial score (nSPS) is 44.2. The van der Waals surface area contributed by atoms with E-state index in [0.29, 0.717) is 29.8 Å². The largest absolute Gasteiger partial charge is 0.393 e. The van der Waals surface area contributed by atoms with E-state index in [9.17, 15) is 9.90 Å². The lowest BCUT2D eigenvalue weighted by molar-refractivity contribution is -0.184. The molecule has 0 aromatic rings. The number of carbonyl (C=O) groups is 1. The first kappa shape index (κ1) is 23.9. The lowest BCUT2D eigenvalue weighted by Gasteiger charge is -2.58. The first-order chi connectivity index (χ1) is 15.8. The molecule has 8 atom stereocenters. The first-order valence-electron chi connectivity index (χ1n) is 14.1. The topological polar surface area (TPSA) is 49.8 Å². The summed E-state index contributed by atoms with van der Waals surface area (Å²) in [6.45, 7) is 9.01. The number of aliphatic hydroxyl groups is 1. The molecule has 0 aromatic carbocycles. The van der Waals surface area contributed by atoms with Crippen LogP contribution in [0.15, 0.2) is 11.6 Å². The Morgan fingerprint density at radius 3 is 2.85 bits per heavy atom. The van der Waals surface area contributed by atoms with Gasteiger partial charge in [-0.05, 0) is 117 Å². The zero-order chi connectivity index (χ0) is 23.2. The summed E-state index contributed by atoms with van der Waals surface area (Å²) in [5.74, 6) is 3.99. The summed E-state index contributed by atoms with van der Waals surface area (Å²) in [6, 6.07) is 0. The van der Waals surface area contributed by atoms with Crippen molar-refractivity contribution in [2.75, 3.05) is 13.2 Å². The van der Waals surface area contributed by atoms with Crippen molar-refractivity contribution in [3.8, 4) is 0 Å². The highest BCUT2D eigenvalue weighted by Crippen LogP contribution is 2.67. The Balaban J connectivity index is 1.24. The number of hydroxylamine groups is 2. The van der Waals surface area contributed by atoms with Gasteiger partial charge in [-0.2, -0.15) is 0 Å². The van der Waals surface area contributed by atoms with E-state index in [-0.39, 0.29) is 12.0 Å². The van der Waals surface area contributed by atoms with Crippen molar-refractivity contribution in [1.29, 1.82) is 0 Å². The Morgan fingerprint density at radius 1 is 1.15 bits per heavy atom. The Labute approximate surface area is 201 Å². The Hall–Kier alpha value is -0.870. The van der Waals surface area contributed by atoms with Crippen LogP contribution in [0.4, 0.5) is 0 Å². The van der Waals surface area contributed by atoms with Crippen LogP contribution in [-0.4, -0.2) is 35.3 Å². The van der Waals surface area contributed by atoms with Gasteiger partial charge in [-0.3, -0.25) is 9.63 Å². The molecule has 1 N–H and O–H groups in total. The highest BCUT2D eigenvalue weighted by molar-refractivity contribution is 5.75. The molecule has 1 aliphatic heterocycles. The van der Waals surface area contributed by atoms with E-state index in [1.165, 1.54) is 44.9 Å². The minimum Gasteiger partial charge on any atom is -0.393 e. The molecular weight excluding hydrogens is 410 g/mol. The highest BCUT2D eigenvalue weighted by atomic mass is 16.7. The SMILES string of the molecule is CC(CCC(=O)N1CCCCCO1)[C@H]1CC[C@H]2[C@@H]3CC=C4C[C@@H](O)CC[C@]4(C)[C@H]3CC[C@]12C. The van der Waals surface area contributed by atoms with E-state index in [1.54, 1.807) is 10.6 Å². The molecule has 3 saturated carbocycles. The van der Waals surface area contributed by atoms with Crippen LogP contribution in [0.5, 0.6) is 0 Å². The van der Waals surface area contributed by atoms with Gasteiger partial charge >= 0.3 is 0 Å². The number of allylic oxidation sites excluding steroid dienone is 1. The molecule has 1 unspecified atom stereocenters. The lowest BCUT2D eigenvalue weighted by atomic mass is 9.47. The van der Waals surface area contributed by atoms with Crippen LogP contribution in [0.2, 0.25) is 0 Å². The number of hydrogen-bond acceptors (Lipinski definition) is 3. The van der Waals surface area contributed by atoms with Gasteiger partial charge in [0.05, 0.1) is 12.7 Å². The van der Waals surface area contributed by atoms with E-state index in [1.807, 2.05) is 0 Å². The summed E-state index contributed by atoms with van der Waals surface area (Å²) in [5, 5.41) is 11.9. The van der Waals surface area contributed by atoms with Gasteiger partial charge in [0.1, 0.15) is 0 Å². The van der Waals surface area contributed by atoms with Gasteiger partial charge in [0.2, 0.25) is 5.91 Å². The molecule has 0 bridgehead atoms. The minimum absolute atomic E-state index is 0.117. The molecule has 1 heterocycles. The number of hydrogen-bond donors (Lipinski definition) is 1. The van der Waals surface area contributed by atoms with Crippen LogP contribution in [0.25, 0.3) is 0 Å². The Morgan fingerprint density at radius 2 is 2.00 bits per heavy atom. The van der Waals surface area contributed by atoms with Gasteiger partial charge in [0.25, 0.3) is 0 Å². The second-order valence-electron chi connectivity index (χ2n) is 12.8. The van der Waals surface area contributed by atoms with Crippen molar-refractivity contribution >= 4 is 5.91 Å². The number of carbonyl (C=O) groups excluding carboxylic acids is 1. The summed E-state index contributed by atoms with van der Waals surface area (Å²) in [7, 11) is 0. The molecule has 33 heavy (non-hydrogen) atoms. The average molecular weight is 458 g/mol. The van der Waals surface area contributed by atoms with Gasteiger partial charge < -0.3 is 5.11 Å². The zero-order valence-electron chi connectivity index (χ0n) is 21.4. The summed E-state index contributed by atoms with van der Waals surface area (Å²) in [5.41, 5.74) is 2.33. The number of nitrogens with zero attached hydrogens (tertiary/aromatic N) is 1. The van der Waals surface area contributed by atoms with Crippen LogP contribution in [0, 0.1) is 40.4 Å². The maximum atomic E-state index is 12.8. The van der Waals surface area contributed by atoms with Crippen LogP contribution in [-0.2, 0) is 9.63 Å². The van der Waals surface area contributed by atoms with Crippen LogP contribution < -0.4 is 0 Å². The second-order valence-corrected chi connectivity index (χ2v) is 12.8. The standard InChI is InChI=1S/C29H47NO3/c1-20(7-12-27(32)30-17-5-4-6-18-33-30)24-10-11-25-23-9-8-21-19-22(31)13-15-28(21,2)26(23)14-16-29(24,25)3/h8,20,22-26,31H,4-7,9-19H2,1-3H3/t20?,22-,23-,24+,25-,26-,28-,29+/m0/s1. The third-order valence-electron chi connectivity index (χ3n) is 11.2. The molecule has 186 valence electrons. The molecule has 4 nitrogen and oxygen atoms in total. The lowest BCUT2D eigenvalue weighted by Crippen LogP contribution is -2.50. The predicted octanol–water partition coefficient (Wildman–Crippen LogP) is 6.29. The summed E-state index contributed by atoms with van der Waals surface area (Å²) in [4.78, 5) is 18.5. The quantitative estimate of drug-likeness (QED) is 0.505. The van der Waals surface area contributed by atoms with Crippen LogP contribution >= 0.6 is 0 Å². The first-order valence-corrected chi connectivity index (χ1v) is 14.1. The molecule has 4 fully saturated rings. The molecule has 0 spiro atoms. The van der Waals surface area contributed by atoms with Gasteiger partial charge in [0.15, 0.2) is 0 Å². The fourth-order valence-corrected chi connectivity index (χ4v) is 9.26. The molecular formula is C29H47NO3. The Kier molecular flexibility index (Phi) is 6.72. The van der Waals surface area contributed by atoms with Crippen molar-refractivity contribution in [2.45, 2.75) is 110 Å². The monoisotopic (exact) mass is 457 g/mol. The third kappa shape index (κ3) is 4.22. The van der Waals surface area contributed by atoms with E-state index in [2.05, 4.69) is 26.8 Å². The molecule has 1 amide bonds. The van der Waals surface area contributed by atoms with Crippen molar-refractivity contribution < 1.29 is 14.7 Å². The van der Waals surface area contributed by atoms with E-state index < -0.39 is 0 Å². The van der Waals surface area contributed by atoms with Gasteiger partial charge in [-0.15, -0.1) is 0 Å². The van der Waals surface area contributed by atoms with Crippen molar-refractivity contribution in [3.05, 3.63) is 11.6 Å². The van der Waals surface area contributed by atoms with Crippen LogP contribution in [0.1, 0.15) is 104 Å². The number of fused-ring (bicyclic) bond motifs is 5. The molecule has 4 aliphatic carbocycles. The summed E-state index contributed by atoms with van der Waals surface area (Å²) in [6.07, 6.45) is 17.1. The van der Waals surface area contributed by atoms with Crippen molar-refractivity contribution in [3.63, 3.8) is 0 Å². The van der Waals surface area contributed by atoms with Crippen LogP contribution in [0.3, 0.4) is 0 Å². The summed E-state index contributed by atoms with van der Waals surface area (Å²) >= 11 is 0. The van der Waals surface area contributed by atoms with Crippen molar-refractivity contribution in [2.24, 2.45) is 40.4 Å². The molecule has 0 aromatic heterocycles. The Bertz CT molecular complexity index is 756. The summed E-state index contributed by atoms with van der Waals surface area (Å²) < 4.78 is 0. The van der Waals surface area contributed by atoms with Gasteiger partial charge in [-0.25, -0.2) is 5.06 Å². The molecule has 1 saturated heterocycles. The molecule has 0 radical (unpaired) electrons. The maximum absolute atomic E-state index is 12.8. The van der Waals surface area contributed by atoms with E-state index in [0.717, 1.165) is 62.3 Å². The fraction of sp³-hybridized carbons (Fsp3) is 0.897. The average Bonchev–Trinajstić information content (AvgIpc) is 2.96. The van der Waals surface area contributed by atoms with E-state index >= 15 is 0 Å². The smallest absolute Gasteiger partial charge is 0.246 e. The zero-order valence-corrected chi connectivity index (χ0v) is 21.4. The van der Waals surface area contributed by atoms with Gasteiger partial charge in [-0.1, -0.05) is 32.4 Å². The number of aliphatic hydroxyl groups excluding tert-OH is 1. The highest BCUT2D eigenvalue weighted by Gasteiger charge is 2.59. The maximum Gasteiger partial charge on any atom is 0.246 e. The fourth-order valence-electron chi connectivity index (χ4n) is 9.26. The predicted molar refractivity (Wildman–Crippen MR) is 131 cm³/mol. The van der Waals surface area contributed by atoms with Crippen molar-refractivity contribution in [1.82, 2.24) is 5.06 Å². The number of rotatable bonds is 4. The number of amides is 1. The molecule has 5 rings (SSSR count). The second kappa shape index (κ2) is 9.30. The minimum atomic E-state index is -0.117. The molecule has 4 heteroatoms. The third-order valence-corrected chi connectivity index (χ3v) is 11.2.